The molecule has 1 atom stereocenters. The molecule has 1 aromatic rings. The van der Waals surface area contributed by atoms with E-state index in [0.29, 0.717) is 28.3 Å². The third kappa shape index (κ3) is 3.51. The molecule has 0 unspecified atom stereocenters. The first-order chi connectivity index (χ1) is 11.5. The van der Waals surface area contributed by atoms with Crippen molar-refractivity contribution in [1.82, 2.24) is 10.6 Å². The Morgan fingerprint density at radius 2 is 2.08 bits per heavy atom. The van der Waals surface area contributed by atoms with E-state index in [4.69, 9.17) is 14.2 Å². The summed E-state index contributed by atoms with van der Waals surface area (Å²) in [6, 6.07) is 4.02. The van der Waals surface area contributed by atoms with Crippen molar-refractivity contribution in [3.63, 3.8) is 0 Å². The number of rotatable bonds is 6. The van der Waals surface area contributed by atoms with Crippen molar-refractivity contribution >= 4 is 12.0 Å². The number of amides is 2. The Morgan fingerprint density at radius 1 is 1.33 bits per heavy atom. The largest absolute Gasteiger partial charge is 0.497 e. The molecule has 1 aromatic carbocycles. The predicted octanol–water partition coefficient (Wildman–Crippen LogP) is 2.06. The van der Waals surface area contributed by atoms with E-state index in [1.165, 1.54) is 20.3 Å². The van der Waals surface area contributed by atoms with Crippen molar-refractivity contribution in [2.24, 2.45) is 0 Å². The minimum atomic E-state index is -0.721. The summed E-state index contributed by atoms with van der Waals surface area (Å²) >= 11 is 0. The molecule has 7 nitrogen and oxygen atoms in total. The fourth-order valence-electron chi connectivity index (χ4n) is 2.48. The van der Waals surface area contributed by atoms with Crippen LogP contribution >= 0.6 is 0 Å². The highest BCUT2D eigenvalue weighted by Crippen LogP contribution is 2.35. The second kappa shape index (κ2) is 7.54. The van der Waals surface area contributed by atoms with E-state index < -0.39 is 18.0 Å². The second-order valence-corrected chi connectivity index (χ2v) is 5.07. The molecule has 2 N–H and O–H groups in total. The molecule has 24 heavy (non-hydrogen) atoms. The number of hydrogen-bond acceptors (Lipinski definition) is 5. The van der Waals surface area contributed by atoms with E-state index in [2.05, 4.69) is 17.2 Å². The Labute approximate surface area is 140 Å². The van der Waals surface area contributed by atoms with Crippen LogP contribution in [-0.4, -0.2) is 32.8 Å². The molecule has 2 amide bonds. The molecule has 0 bridgehead atoms. The molecular formula is C17H20N2O5. The van der Waals surface area contributed by atoms with Crippen LogP contribution in [0, 0.1) is 0 Å². The lowest BCUT2D eigenvalue weighted by Crippen LogP contribution is -2.45. The Balaban J connectivity index is 2.52. The van der Waals surface area contributed by atoms with Gasteiger partial charge in [0, 0.05) is 11.3 Å². The van der Waals surface area contributed by atoms with Gasteiger partial charge in [0.25, 0.3) is 0 Å². The summed E-state index contributed by atoms with van der Waals surface area (Å²) in [4.78, 5) is 24.3. The van der Waals surface area contributed by atoms with Gasteiger partial charge in [-0.25, -0.2) is 9.59 Å². The van der Waals surface area contributed by atoms with Crippen LogP contribution in [0.5, 0.6) is 11.5 Å². The number of hydrogen-bond donors (Lipinski definition) is 2. The number of methoxy groups -OCH3 is 2. The van der Waals surface area contributed by atoms with Gasteiger partial charge in [-0.1, -0.05) is 12.7 Å². The van der Waals surface area contributed by atoms with Gasteiger partial charge >= 0.3 is 12.0 Å². The zero-order valence-electron chi connectivity index (χ0n) is 13.8. The van der Waals surface area contributed by atoms with Gasteiger partial charge in [-0.05, 0) is 25.1 Å². The van der Waals surface area contributed by atoms with Gasteiger partial charge in [-0.2, -0.15) is 0 Å². The highest BCUT2D eigenvalue weighted by molar-refractivity contribution is 5.95. The molecule has 7 heteroatoms. The third-order valence-corrected chi connectivity index (χ3v) is 3.57. The molecule has 0 radical (unpaired) electrons. The van der Waals surface area contributed by atoms with Crippen molar-refractivity contribution in [2.45, 2.75) is 13.0 Å². The number of ether oxygens (including phenoxy) is 3. The zero-order chi connectivity index (χ0) is 17.7. The lowest BCUT2D eigenvalue weighted by molar-refractivity contribution is -0.138. The van der Waals surface area contributed by atoms with Crippen molar-refractivity contribution in [1.29, 1.82) is 0 Å². The predicted molar refractivity (Wildman–Crippen MR) is 87.8 cm³/mol. The lowest BCUT2D eigenvalue weighted by atomic mass is 9.94. The van der Waals surface area contributed by atoms with E-state index in [9.17, 15) is 9.59 Å². The van der Waals surface area contributed by atoms with E-state index in [-0.39, 0.29) is 6.61 Å². The van der Waals surface area contributed by atoms with Gasteiger partial charge in [-0.15, -0.1) is 0 Å². The van der Waals surface area contributed by atoms with Crippen LogP contribution in [0.25, 0.3) is 0 Å². The first kappa shape index (κ1) is 17.4. The van der Waals surface area contributed by atoms with Crippen LogP contribution in [0.3, 0.4) is 0 Å². The van der Waals surface area contributed by atoms with Crippen molar-refractivity contribution in [3.8, 4) is 11.5 Å². The number of carbonyl (C=O) groups is 2. The molecule has 0 fully saturated rings. The van der Waals surface area contributed by atoms with Gasteiger partial charge in [0.2, 0.25) is 0 Å². The Kier molecular flexibility index (Phi) is 5.47. The topological polar surface area (TPSA) is 85.9 Å². The van der Waals surface area contributed by atoms with Gasteiger partial charge < -0.3 is 24.8 Å². The van der Waals surface area contributed by atoms with Crippen LogP contribution in [0.1, 0.15) is 18.5 Å². The first-order valence-corrected chi connectivity index (χ1v) is 7.30. The Bertz CT molecular complexity index is 696. The fraction of sp³-hybridized carbons (Fsp3) is 0.294. The Hall–Kier alpha value is -2.96. The monoisotopic (exact) mass is 332 g/mol. The smallest absolute Gasteiger partial charge is 0.338 e. The number of nitrogens with one attached hydrogen (secondary N) is 2. The van der Waals surface area contributed by atoms with Crippen molar-refractivity contribution in [3.05, 3.63) is 47.7 Å². The SMILES string of the molecule is C=CCOC(=O)C1=C(C)NC(=O)N[C@@H]1c1cc(OC)ccc1OC. The number of urea groups is 1. The summed E-state index contributed by atoms with van der Waals surface area (Å²) in [5.41, 5.74) is 1.31. The van der Waals surface area contributed by atoms with Crippen LogP contribution in [0.4, 0.5) is 4.79 Å². The summed E-state index contributed by atoms with van der Waals surface area (Å²) in [5.74, 6) is 0.551. The van der Waals surface area contributed by atoms with Gasteiger partial charge in [0.15, 0.2) is 0 Å². The third-order valence-electron chi connectivity index (χ3n) is 3.57. The molecule has 0 saturated heterocycles. The van der Waals surface area contributed by atoms with Crippen LogP contribution < -0.4 is 20.1 Å². The molecule has 1 aliphatic heterocycles. The van der Waals surface area contributed by atoms with E-state index >= 15 is 0 Å². The highest BCUT2D eigenvalue weighted by Gasteiger charge is 2.34. The molecule has 0 aromatic heterocycles. The van der Waals surface area contributed by atoms with Crippen LogP contribution in [0.15, 0.2) is 42.1 Å². The maximum absolute atomic E-state index is 12.4. The van der Waals surface area contributed by atoms with Gasteiger partial charge in [0.1, 0.15) is 18.1 Å². The van der Waals surface area contributed by atoms with E-state index in [1.807, 2.05) is 0 Å². The molecule has 2 rings (SSSR count). The van der Waals surface area contributed by atoms with Crippen molar-refractivity contribution in [2.75, 3.05) is 20.8 Å². The first-order valence-electron chi connectivity index (χ1n) is 7.30. The molecule has 0 spiro atoms. The maximum Gasteiger partial charge on any atom is 0.338 e. The molecule has 0 saturated carbocycles. The molecular weight excluding hydrogens is 312 g/mol. The normalized spacial score (nSPS) is 16.8. The molecule has 1 aliphatic rings. The van der Waals surface area contributed by atoms with Gasteiger partial charge in [-0.3, -0.25) is 0 Å². The van der Waals surface area contributed by atoms with Crippen LogP contribution in [0.2, 0.25) is 0 Å². The highest BCUT2D eigenvalue weighted by atomic mass is 16.5. The number of carbonyl (C=O) groups excluding carboxylic acids is 2. The lowest BCUT2D eigenvalue weighted by Gasteiger charge is -2.29. The van der Waals surface area contributed by atoms with E-state index in [1.54, 1.807) is 25.1 Å². The summed E-state index contributed by atoms with van der Waals surface area (Å²) in [5, 5.41) is 5.31. The quantitative estimate of drug-likeness (QED) is 0.615. The summed E-state index contributed by atoms with van der Waals surface area (Å²) < 4.78 is 15.7. The molecule has 1 heterocycles. The number of benzene rings is 1. The van der Waals surface area contributed by atoms with Crippen molar-refractivity contribution < 1.29 is 23.8 Å². The second-order valence-electron chi connectivity index (χ2n) is 5.07. The average Bonchev–Trinajstić information content (AvgIpc) is 2.58. The number of esters is 1. The fourth-order valence-corrected chi connectivity index (χ4v) is 2.48. The standard InChI is InChI=1S/C17H20N2O5/c1-5-8-24-16(20)14-10(2)18-17(21)19-15(14)12-9-11(22-3)6-7-13(12)23-4/h5-7,9,15H,1,8H2,2-4H3,(H2,18,19,21)/t15-/m1/s1. The zero-order valence-corrected chi connectivity index (χ0v) is 13.8. The maximum atomic E-state index is 12.4. The van der Waals surface area contributed by atoms with Crippen LogP contribution in [-0.2, 0) is 9.53 Å². The minimum absolute atomic E-state index is 0.0749. The van der Waals surface area contributed by atoms with Gasteiger partial charge in [0.05, 0.1) is 25.8 Å². The van der Waals surface area contributed by atoms with E-state index in [0.717, 1.165) is 0 Å². The Morgan fingerprint density at radius 3 is 2.71 bits per heavy atom. The average molecular weight is 332 g/mol. The summed E-state index contributed by atoms with van der Waals surface area (Å²) in [7, 11) is 3.05. The molecule has 0 aliphatic carbocycles. The molecule has 128 valence electrons. The number of allylic oxidation sites excluding steroid dienone is 1. The minimum Gasteiger partial charge on any atom is -0.497 e. The summed E-state index contributed by atoms with van der Waals surface area (Å²) in [6.07, 6.45) is 1.48. The summed E-state index contributed by atoms with van der Waals surface area (Å²) in [6.45, 7) is 5.24.